The SMILES string of the molecule is CC(C)CC1(COCC(F)(F)F)CNC1. The Morgan fingerprint density at radius 1 is 1.33 bits per heavy atom. The molecule has 0 aromatic carbocycles. The number of hydrogen-bond donors (Lipinski definition) is 1. The van der Waals surface area contributed by atoms with E-state index in [4.69, 9.17) is 4.74 Å². The van der Waals surface area contributed by atoms with Crippen LogP contribution in [0.4, 0.5) is 13.2 Å². The second kappa shape index (κ2) is 4.70. The minimum absolute atomic E-state index is 0.0700. The van der Waals surface area contributed by atoms with Gasteiger partial charge in [0.25, 0.3) is 0 Å². The molecule has 0 bridgehead atoms. The molecule has 2 nitrogen and oxygen atoms in total. The average Bonchev–Trinajstić information content (AvgIpc) is 1.96. The molecule has 5 heteroatoms. The van der Waals surface area contributed by atoms with E-state index >= 15 is 0 Å². The summed E-state index contributed by atoms with van der Waals surface area (Å²) >= 11 is 0. The van der Waals surface area contributed by atoms with E-state index in [9.17, 15) is 13.2 Å². The lowest BCUT2D eigenvalue weighted by atomic mass is 9.76. The molecule has 1 aliphatic rings. The number of nitrogens with one attached hydrogen (secondary N) is 1. The first-order chi connectivity index (χ1) is 6.83. The van der Waals surface area contributed by atoms with Gasteiger partial charge in [0.2, 0.25) is 0 Å². The standard InChI is InChI=1S/C10H18F3NO/c1-8(2)3-9(4-14-5-9)6-15-7-10(11,12)13/h8,14H,3-7H2,1-2H3. The molecule has 0 spiro atoms. The molecular weight excluding hydrogens is 207 g/mol. The largest absolute Gasteiger partial charge is 0.411 e. The Kier molecular flexibility index (Phi) is 4.00. The molecule has 1 aliphatic heterocycles. The van der Waals surface area contributed by atoms with Crippen molar-refractivity contribution >= 4 is 0 Å². The van der Waals surface area contributed by atoms with Gasteiger partial charge in [-0.05, 0) is 12.3 Å². The molecule has 0 amide bonds. The van der Waals surface area contributed by atoms with Gasteiger partial charge in [0.15, 0.2) is 0 Å². The molecular formula is C10H18F3NO. The number of halogens is 3. The summed E-state index contributed by atoms with van der Waals surface area (Å²) in [6.45, 7) is 4.75. The Morgan fingerprint density at radius 3 is 2.27 bits per heavy atom. The Labute approximate surface area is 88.2 Å². The van der Waals surface area contributed by atoms with Crippen molar-refractivity contribution in [2.75, 3.05) is 26.3 Å². The first kappa shape index (κ1) is 12.8. The second-order valence-electron chi connectivity index (χ2n) is 4.81. The van der Waals surface area contributed by atoms with Crippen LogP contribution in [0.2, 0.25) is 0 Å². The van der Waals surface area contributed by atoms with Crippen LogP contribution in [0, 0.1) is 11.3 Å². The van der Waals surface area contributed by atoms with Gasteiger partial charge < -0.3 is 10.1 Å². The highest BCUT2D eigenvalue weighted by atomic mass is 19.4. The minimum atomic E-state index is -4.21. The highest BCUT2D eigenvalue weighted by Crippen LogP contribution is 2.31. The van der Waals surface area contributed by atoms with Gasteiger partial charge in [-0.3, -0.25) is 0 Å². The van der Waals surface area contributed by atoms with E-state index in [2.05, 4.69) is 19.2 Å². The van der Waals surface area contributed by atoms with E-state index in [1.54, 1.807) is 0 Å². The van der Waals surface area contributed by atoms with Crippen molar-refractivity contribution in [3.8, 4) is 0 Å². The summed E-state index contributed by atoms with van der Waals surface area (Å²) < 4.78 is 40.4. The van der Waals surface area contributed by atoms with Crippen LogP contribution in [0.5, 0.6) is 0 Å². The van der Waals surface area contributed by atoms with Gasteiger partial charge in [0.05, 0.1) is 6.61 Å². The van der Waals surface area contributed by atoms with Crippen LogP contribution in [0.3, 0.4) is 0 Å². The normalized spacial score (nSPS) is 20.4. The Morgan fingerprint density at radius 2 is 1.93 bits per heavy atom. The van der Waals surface area contributed by atoms with Crippen molar-refractivity contribution in [1.29, 1.82) is 0 Å². The predicted octanol–water partition coefficient (Wildman–Crippen LogP) is 2.20. The van der Waals surface area contributed by atoms with Crippen LogP contribution in [0.25, 0.3) is 0 Å². The van der Waals surface area contributed by atoms with Crippen LogP contribution in [0.15, 0.2) is 0 Å². The Hall–Kier alpha value is -0.290. The molecule has 1 heterocycles. The lowest BCUT2D eigenvalue weighted by Crippen LogP contribution is -2.56. The number of ether oxygens (including phenoxy) is 1. The summed E-state index contributed by atoms with van der Waals surface area (Å²) in [5, 5.41) is 3.09. The summed E-state index contributed by atoms with van der Waals surface area (Å²) in [5.41, 5.74) is -0.0700. The van der Waals surface area contributed by atoms with Crippen LogP contribution in [-0.2, 0) is 4.74 Å². The average molecular weight is 225 g/mol. The maximum Gasteiger partial charge on any atom is 0.411 e. The highest BCUT2D eigenvalue weighted by molar-refractivity contribution is 4.92. The first-order valence-corrected chi connectivity index (χ1v) is 5.18. The zero-order chi connectivity index (χ0) is 11.5. The van der Waals surface area contributed by atoms with Crippen molar-refractivity contribution in [2.45, 2.75) is 26.4 Å². The topological polar surface area (TPSA) is 21.3 Å². The number of rotatable bonds is 5. The van der Waals surface area contributed by atoms with Gasteiger partial charge in [-0.25, -0.2) is 0 Å². The summed E-state index contributed by atoms with van der Waals surface area (Å²) in [6, 6.07) is 0. The molecule has 1 rings (SSSR count). The molecule has 15 heavy (non-hydrogen) atoms. The van der Waals surface area contributed by atoms with Crippen LogP contribution in [0.1, 0.15) is 20.3 Å². The molecule has 0 aliphatic carbocycles. The molecule has 0 aromatic heterocycles. The maximum absolute atomic E-state index is 11.9. The zero-order valence-electron chi connectivity index (χ0n) is 9.16. The number of hydrogen-bond acceptors (Lipinski definition) is 2. The predicted molar refractivity (Wildman–Crippen MR) is 51.6 cm³/mol. The molecule has 0 aromatic rings. The van der Waals surface area contributed by atoms with Crippen LogP contribution >= 0.6 is 0 Å². The van der Waals surface area contributed by atoms with Gasteiger partial charge in [-0.1, -0.05) is 13.8 Å². The van der Waals surface area contributed by atoms with Crippen molar-refractivity contribution in [3.05, 3.63) is 0 Å². The quantitative estimate of drug-likeness (QED) is 0.774. The summed E-state index contributed by atoms with van der Waals surface area (Å²) in [4.78, 5) is 0. The van der Waals surface area contributed by atoms with Crippen molar-refractivity contribution in [2.24, 2.45) is 11.3 Å². The van der Waals surface area contributed by atoms with Crippen molar-refractivity contribution in [3.63, 3.8) is 0 Å². The van der Waals surface area contributed by atoms with Gasteiger partial charge in [0.1, 0.15) is 6.61 Å². The zero-order valence-corrected chi connectivity index (χ0v) is 9.16. The molecule has 0 unspecified atom stereocenters. The summed E-state index contributed by atoms with van der Waals surface area (Å²) in [5.74, 6) is 0.488. The third kappa shape index (κ3) is 4.38. The highest BCUT2D eigenvalue weighted by Gasteiger charge is 2.39. The van der Waals surface area contributed by atoms with Gasteiger partial charge in [0, 0.05) is 18.5 Å². The Bertz CT molecular complexity index is 199. The van der Waals surface area contributed by atoms with E-state index in [1.165, 1.54) is 0 Å². The third-order valence-corrected chi connectivity index (χ3v) is 2.52. The van der Waals surface area contributed by atoms with Crippen molar-refractivity contribution < 1.29 is 17.9 Å². The molecule has 90 valence electrons. The van der Waals surface area contributed by atoms with E-state index < -0.39 is 12.8 Å². The fourth-order valence-electron chi connectivity index (χ4n) is 2.03. The third-order valence-electron chi connectivity index (χ3n) is 2.52. The van der Waals surface area contributed by atoms with Gasteiger partial charge in [-0.15, -0.1) is 0 Å². The first-order valence-electron chi connectivity index (χ1n) is 5.18. The molecule has 0 saturated carbocycles. The lowest BCUT2D eigenvalue weighted by molar-refractivity contribution is -0.183. The van der Waals surface area contributed by atoms with Gasteiger partial charge in [-0.2, -0.15) is 13.2 Å². The van der Waals surface area contributed by atoms with E-state index in [0.717, 1.165) is 19.5 Å². The fraction of sp³-hybridized carbons (Fsp3) is 1.00. The molecule has 0 atom stereocenters. The second-order valence-corrected chi connectivity index (χ2v) is 4.81. The summed E-state index contributed by atoms with van der Waals surface area (Å²) in [7, 11) is 0. The molecule has 1 fully saturated rings. The van der Waals surface area contributed by atoms with Crippen LogP contribution < -0.4 is 5.32 Å². The van der Waals surface area contributed by atoms with E-state index in [1.807, 2.05) is 0 Å². The maximum atomic E-state index is 11.9. The van der Waals surface area contributed by atoms with Gasteiger partial charge >= 0.3 is 6.18 Å². The minimum Gasteiger partial charge on any atom is -0.371 e. The van der Waals surface area contributed by atoms with E-state index in [-0.39, 0.29) is 12.0 Å². The van der Waals surface area contributed by atoms with Crippen LogP contribution in [-0.4, -0.2) is 32.5 Å². The molecule has 1 saturated heterocycles. The van der Waals surface area contributed by atoms with E-state index in [0.29, 0.717) is 5.92 Å². The fourth-order valence-corrected chi connectivity index (χ4v) is 2.03. The monoisotopic (exact) mass is 225 g/mol. The lowest BCUT2D eigenvalue weighted by Gasteiger charge is -2.43. The smallest absolute Gasteiger partial charge is 0.371 e. The molecule has 0 radical (unpaired) electrons. The summed E-state index contributed by atoms with van der Waals surface area (Å²) in [6.07, 6.45) is -3.30. The number of alkyl halides is 3. The molecule has 1 N–H and O–H groups in total. The van der Waals surface area contributed by atoms with Crippen molar-refractivity contribution in [1.82, 2.24) is 5.32 Å². The Balaban J connectivity index is 2.28.